The molecule has 5 nitrogen and oxygen atoms in total. The van der Waals surface area contributed by atoms with Crippen LogP contribution >= 0.6 is 0 Å². The third kappa shape index (κ3) is 4.45. The van der Waals surface area contributed by atoms with E-state index < -0.39 is 0 Å². The molecule has 0 spiro atoms. The Balaban J connectivity index is 1.84. The number of para-hydroxylation sites is 1. The maximum absolute atomic E-state index is 11.9. The lowest BCUT2D eigenvalue weighted by Gasteiger charge is -2.22. The first-order valence-corrected chi connectivity index (χ1v) is 7.75. The van der Waals surface area contributed by atoms with Gasteiger partial charge in [0, 0.05) is 25.6 Å². The Kier molecular flexibility index (Phi) is 5.42. The first-order valence-electron chi connectivity index (χ1n) is 7.75. The summed E-state index contributed by atoms with van der Waals surface area (Å²) >= 11 is 0. The summed E-state index contributed by atoms with van der Waals surface area (Å²) in [5.41, 5.74) is 1.05. The van der Waals surface area contributed by atoms with Gasteiger partial charge in [-0.25, -0.2) is 0 Å². The molecule has 22 heavy (non-hydrogen) atoms. The molecule has 2 rings (SSSR count). The van der Waals surface area contributed by atoms with Gasteiger partial charge in [-0.1, -0.05) is 39.0 Å². The van der Waals surface area contributed by atoms with Gasteiger partial charge in [0.1, 0.15) is 5.75 Å². The molecular weight excluding hydrogens is 280 g/mol. The van der Waals surface area contributed by atoms with Crippen LogP contribution in [-0.2, 0) is 10.2 Å². The molecule has 5 heteroatoms. The van der Waals surface area contributed by atoms with Gasteiger partial charge in [-0.05, 0) is 17.0 Å². The third-order valence-corrected chi connectivity index (χ3v) is 3.92. The van der Waals surface area contributed by atoms with Crippen LogP contribution in [0.3, 0.4) is 0 Å². The van der Waals surface area contributed by atoms with E-state index in [-0.39, 0.29) is 30.0 Å². The molecule has 122 valence electrons. The van der Waals surface area contributed by atoms with E-state index >= 15 is 0 Å². The van der Waals surface area contributed by atoms with Crippen LogP contribution in [0.25, 0.3) is 0 Å². The van der Waals surface area contributed by atoms with Crippen molar-refractivity contribution in [3.05, 3.63) is 29.8 Å². The molecule has 3 N–H and O–H groups in total. The number of rotatable bonds is 5. The molecule has 1 amide bonds. The molecule has 0 aliphatic carbocycles. The topological polar surface area (TPSA) is 70.6 Å². The second-order valence-corrected chi connectivity index (χ2v) is 6.82. The van der Waals surface area contributed by atoms with Gasteiger partial charge >= 0.3 is 0 Å². The van der Waals surface area contributed by atoms with Crippen molar-refractivity contribution in [2.24, 2.45) is 5.92 Å². The molecule has 0 radical (unpaired) electrons. The molecule has 1 heterocycles. The number of nitrogens with one attached hydrogen (secondary N) is 2. The van der Waals surface area contributed by atoms with Crippen molar-refractivity contribution in [1.29, 1.82) is 0 Å². The molecule has 1 aromatic carbocycles. The molecule has 2 unspecified atom stereocenters. The number of amides is 1. The van der Waals surface area contributed by atoms with Crippen LogP contribution in [0, 0.1) is 5.92 Å². The number of hydrogen-bond acceptors (Lipinski definition) is 4. The fraction of sp³-hybridized carbons (Fsp3) is 0.588. The monoisotopic (exact) mass is 306 g/mol. The molecule has 0 saturated carbocycles. The summed E-state index contributed by atoms with van der Waals surface area (Å²) in [4.78, 5) is 11.9. The highest BCUT2D eigenvalue weighted by molar-refractivity contribution is 5.77. The van der Waals surface area contributed by atoms with Gasteiger partial charge in [-0.3, -0.25) is 4.79 Å². The Morgan fingerprint density at radius 3 is 2.73 bits per heavy atom. The van der Waals surface area contributed by atoms with Gasteiger partial charge in [0.25, 0.3) is 5.91 Å². The summed E-state index contributed by atoms with van der Waals surface area (Å²) in [6.07, 6.45) is -0.386. The van der Waals surface area contributed by atoms with Crippen molar-refractivity contribution in [1.82, 2.24) is 10.6 Å². The number of aliphatic hydroxyl groups excluding tert-OH is 1. The van der Waals surface area contributed by atoms with Crippen LogP contribution in [0.5, 0.6) is 5.75 Å². The Bertz CT molecular complexity index is 511. The van der Waals surface area contributed by atoms with E-state index in [1.54, 1.807) is 0 Å². The van der Waals surface area contributed by atoms with Crippen molar-refractivity contribution >= 4 is 5.91 Å². The molecule has 0 bridgehead atoms. The fourth-order valence-corrected chi connectivity index (χ4v) is 2.58. The van der Waals surface area contributed by atoms with Crippen LogP contribution in [0.2, 0.25) is 0 Å². The average Bonchev–Trinajstić information content (AvgIpc) is 2.87. The van der Waals surface area contributed by atoms with E-state index in [1.165, 1.54) is 0 Å². The molecule has 1 aliphatic heterocycles. The Morgan fingerprint density at radius 1 is 1.36 bits per heavy atom. The summed E-state index contributed by atoms with van der Waals surface area (Å²) in [5, 5.41) is 15.6. The van der Waals surface area contributed by atoms with E-state index in [4.69, 9.17) is 4.74 Å². The Morgan fingerprint density at radius 2 is 2.09 bits per heavy atom. The maximum Gasteiger partial charge on any atom is 0.257 e. The lowest BCUT2D eigenvalue weighted by atomic mass is 9.86. The minimum Gasteiger partial charge on any atom is -0.483 e. The number of ether oxygens (including phenoxy) is 1. The summed E-state index contributed by atoms with van der Waals surface area (Å²) in [5.74, 6) is 0.654. The molecular formula is C17H26N2O3. The zero-order valence-electron chi connectivity index (χ0n) is 13.6. The standard InChI is InChI=1S/C17H26N2O3/c1-17(2,3)13-6-4-5-7-15(13)22-11-16(21)19-9-12-8-18-10-14(12)20/h4-7,12,14,18,20H,8-11H2,1-3H3,(H,19,21). The molecule has 0 aromatic heterocycles. The van der Waals surface area contributed by atoms with E-state index in [9.17, 15) is 9.90 Å². The van der Waals surface area contributed by atoms with E-state index in [2.05, 4.69) is 31.4 Å². The van der Waals surface area contributed by atoms with Gasteiger partial charge < -0.3 is 20.5 Å². The van der Waals surface area contributed by atoms with Gasteiger partial charge in [0.2, 0.25) is 0 Å². The highest BCUT2D eigenvalue weighted by atomic mass is 16.5. The zero-order valence-corrected chi connectivity index (χ0v) is 13.6. The van der Waals surface area contributed by atoms with Gasteiger partial charge in [-0.15, -0.1) is 0 Å². The third-order valence-electron chi connectivity index (χ3n) is 3.92. The Labute approximate surface area is 132 Å². The lowest BCUT2D eigenvalue weighted by molar-refractivity contribution is -0.123. The van der Waals surface area contributed by atoms with Crippen molar-refractivity contribution in [2.75, 3.05) is 26.2 Å². The normalized spacial score (nSPS) is 21.6. The number of carbonyl (C=O) groups is 1. The summed E-state index contributed by atoms with van der Waals surface area (Å²) < 4.78 is 5.68. The van der Waals surface area contributed by atoms with Crippen LogP contribution in [-0.4, -0.2) is 43.4 Å². The molecule has 1 aliphatic rings. The second kappa shape index (κ2) is 7.11. The van der Waals surface area contributed by atoms with E-state index in [0.717, 1.165) is 17.9 Å². The highest BCUT2D eigenvalue weighted by Gasteiger charge is 2.25. The number of β-amino-alcohol motifs (C(OH)–C–C–N with tert-alkyl or cyclic N) is 1. The van der Waals surface area contributed by atoms with Crippen molar-refractivity contribution in [3.63, 3.8) is 0 Å². The molecule has 2 atom stereocenters. The second-order valence-electron chi connectivity index (χ2n) is 6.82. The number of carbonyl (C=O) groups excluding carboxylic acids is 1. The molecule has 1 aromatic rings. The van der Waals surface area contributed by atoms with Crippen LogP contribution in [0.1, 0.15) is 26.3 Å². The number of hydrogen-bond donors (Lipinski definition) is 3. The van der Waals surface area contributed by atoms with E-state index in [0.29, 0.717) is 13.1 Å². The van der Waals surface area contributed by atoms with Crippen molar-refractivity contribution < 1.29 is 14.6 Å². The number of benzene rings is 1. The lowest BCUT2D eigenvalue weighted by Crippen LogP contribution is -2.37. The van der Waals surface area contributed by atoms with Gasteiger partial charge in [0.15, 0.2) is 6.61 Å². The summed E-state index contributed by atoms with van der Waals surface area (Å²) in [6.45, 7) is 8.13. The van der Waals surface area contributed by atoms with Gasteiger partial charge in [0.05, 0.1) is 6.10 Å². The average molecular weight is 306 g/mol. The van der Waals surface area contributed by atoms with Crippen LogP contribution < -0.4 is 15.4 Å². The van der Waals surface area contributed by atoms with Crippen LogP contribution in [0.4, 0.5) is 0 Å². The zero-order chi connectivity index (χ0) is 16.2. The van der Waals surface area contributed by atoms with E-state index in [1.807, 2.05) is 24.3 Å². The molecule has 1 saturated heterocycles. The quantitative estimate of drug-likeness (QED) is 0.761. The van der Waals surface area contributed by atoms with Crippen molar-refractivity contribution in [2.45, 2.75) is 32.3 Å². The number of aliphatic hydroxyl groups is 1. The summed E-state index contributed by atoms with van der Waals surface area (Å²) in [7, 11) is 0. The minimum absolute atomic E-state index is 0.0106. The fourth-order valence-electron chi connectivity index (χ4n) is 2.58. The Hall–Kier alpha value is -1.59. The minimum atomic E-state index is -0.386. The summed E-state index contributed by atoms with van der Waals surface area (Å²) in [6, 6.07) is 7.79. The van der Waals surface area contributed by atoms with Crippen LogP contribution in [0.15, 0.2) is 24.3 Å². The smallest absolute Gasteiger partial charge is 0.257 e. The predicted molar refractivity (Wildman–Crippen MR) is 86.0 cm³/mol. The first-order chi connectivity index (χ1) is 10.4. The van der Waals surface area contributed by atoms with Gasteiger partial charge in [-0.2, -0.15) is 0 Å². The largest absolute Gasteiger partial charge is 0.483 e. The van der Waals surface area contributed by atoms with Crippen molar-refractivity contribution in [3.8, 4) is 5.75 Å². The molecule has 1 fully saturated rings. The first kappa shape index (κ1) is 16.8. The predicted octanol–water partition coefficient (Wildman–Crippen LogP) is 1.06. The highest BCUT2D eigenvalue weighted by Crippen LogP contribution is 2.30. The maximum atomic E-state index is 11.9. The SMILES string of the molecule is CC(C)(C)c1ccccc1OCC(=O)NCC1CNCC1O.